The van der Waals surface area contributed by atoms with Crippen LogP contribution in [-0.4, -0.2) is 4.92 Å². The maximum Gasteiger partial charge on any atom is 0.269 e. The third kappa shape index (κ3) is 3.18. The summed E-state index contributed by atoms with van der Waals surface area (Å²) in [5.74, 6) is 0.621. The van der Waals surface area contributed by atoms with Gasteiger partial charge >= 0.3 is 0 Å². The van der Waals surface area contributed by atoms with Gasteiger partial charge in [-0.15, -0.1) is 0 Å². The van der Waals surface area contributed by atoms with Crippen LogP contribution in [0.15, 0.2) is 78.9 Å². The van der Waals surface area contributed by atoms with Crippen molar-refractivity contribution >= 4 is 5.69 Å². The Kier molecular flexibility index (Phi) is 4.46. The summed E-state index contributed by atoms with van der Waals surface area (Å²) >= 11 is 0. The summed E-state index contributed by atoms with van der Waals surface area (Å²) in [6.45, 7) is 0. The van der Waals surface area contributed by atoms with Crippen LogP contribution in [0, 0.1) is 38.2 Å². The van der Waals surface area contributed by atoms with Crippen LogP contribution in [0.5, 0.6) is 11.5 Å². The molecule has 3 aromatic carbocycles. The zero-order valence-electron chi connectivity index (χ0n) is 15.2. The maximum atomic E-state index is 10.9. The normalized spacial score (nSPS) is 18.8. The van der Waals surface area contributed by atoms with Crippen molar-refractivity contribution in [2.24, 2.45) is 5.41 Å². The van der Waals surface area contributed by atoms with Crippen molar-refractivity contribution in [3.05, 3.63) is 100 Å². The second-order valence-corrected chi connectivity index (χ2v) is 6.88. The quantitative estimate of drug-likeness (QED) is 0.441. The standard InChI is InChI=1S/C23H15N3O3/c24-14-23(15-25)21(16-9-11-18(12-10-16)26(27)28)22(23)17-5-4-8-20(13-17)29-19-6-2-1-3-7-19/h1-13,21-22H. The lowest BCUT2D eigenvalue weighted by molar-refractivity contribution is -0.384. The van der Waals surface area contributed by atoms with Crippen LogP contribution in [0.1, 0.15) is 23.0 Å². The zero-order chi connectivity index (χ0) is 20.4. The predicted molar refractivity (Wildman–Crippen MR) is 105 cm³/mol. The minimum Gasteiger partial charge on any atom is -0.457 e. The van der Waals surface area contributed by atoms with Crippen molar-refractivity contribution in [2.75, 3.05) is 0 Å². The molecule has 2 atom stereocenters. The van der Waals surface area contributed by atoms with Gasteiger partial charge in [0.1, 0.15) is 11.5 Å². The maximum absolute atomic E-state index is 10.9. The minimum atomic E-state index is -1.21. The smallest absolute Gasteiger partial charge is 0.269 e. The van der Waals surface area contributed by atoms with Gasteiger partial charge in [-0.25, -0.2) is 0 Å². The largest absolute Gasteiger partial charge is 0.457 e. The highest BCUT2D eigenvalue weighted by atomic mass is 16.6. The van der Waals surface area contributed by atoms with E-state index in [-0.39, 0.29) is 17.5 Å². The second-order valence-electron chi connectivity index (χ2n) is 6.88. The summed E-state index contributed by atoms with van der Waals surface area (Å²) in [6.07, 6.45) is 0. The fourth-order valence-corrected chi connectivity index (χ4v) is 3.80. The third-order valence-corrected chi connectivity index (χ3v) is 5.23. The van der Waals surface area contributed by atoms with Gasteiger partial charge in [-0.3, -0.25) is 10.1 Å². The van der Waals surface area contributed by atoms with Crippen LogP contribution >= 0.6 is 0 Å². The van der Waals surface area contributed by atoms with Crippen LogP contribution in [0.25, 0.3) is 0 Å². The molecule has 1 aliphatic carbocycles. The van der Waals surface area contributed by atoms with E-state index in [1.165, 1.54) is 12.1 Å². The molecule has 6 nitrogen and oxygen atoms in total. The molecule has 0 heterocycles. The first-order valence-corrected chi connectivity index (χ1v) is 8.99. The summed E-state index contributed by atoms with van der Waals surface area (Å²) in [5, 5.41) is 30.4. The Morgan fingerprint density at radius 2 is 1.45 bits per heavy atom. The van der Waals surface area contributed by atoms with E-state index < -0.39 is 10.3 Å². The topological polar surface area (TPSA) is 100.0 Å². The van der Waals surface area contributed by atoms with Crippen molar-refractivity contribution in [2.45, 2.75) is 11.8 Å². The number of nitrogens with zero attached hydrogens (tertiary/aromatic N) is 3. The monoisotopic (exact) mass is 381 g/mol. The number of benzene rings is 3. The molecule has 4 rings (SSSR count). The minimum absolute atomic E-state index is 0.0243. The molecule has 1 aliphatic rings. The van der Waals surface area contributed by atoms with Crippen molar-refractivity contribution in [3.63, 3.8) is 0 Å². The molecular formula is C23H15N3O3. The molecule has 0 bridgehead atoms. The highest BCUT2D eigenvalue weighted by Crippen LogP contribution is 2.69. The van der Waals surface area contributed by atoms with Gasteiger partial charge in [-0.1, -0.05) is 42.5 Å². The zero-order valence-corrected chi connectivity index (χ0v) is 15.2. The van der Waals surface area contributed by atoms with Gasteiger partial charge in [0.2, 0.25) is 0 Å². The van der Waals surface area contributed by atoms with E-state index in [0.717, 1.165) is 11.1 Å². The van der Waals surface area contributed by atoms with E-state index in [1.54, 1.807) is 12.1 Å². The summed E-state index contributed by atoms with van der Waals surface area (Å²) in [4.78, 5) is 10.4. The highest BCUT2D eigenvalue weighted by molar-refractivity contribution is 5.55. The molecule has 0 N–H and O–H groups in total. The van der Waals surface area contributed by atoms with E-state index >= 15 is 0 Å². The molecule has 0 saturated heterocycles. The number of nitro benzene ring substituents is 1. The van der Waals surface area contributed by atoms with Crippen LogP contribution in [0.4, 0.5) is 5.69 Å². The second kappa shape index (κ2) is 7.10. The summed E-state index contributed by atoms with van der Waals surface area (Å²) < 4.78 is 5.87. The summed E-state index contributed by atoms with van der Waals surface area (Å²) in [7, 11) is 0. The molecule has 0 aliphatic heterocycles. The lowest BCUT2D eigenvalue weighted by Crippen LogP contribution is -1.98. The Morgan fingerprint density at radius 1 is 0.828 bits per heavy atom. The Bertz CT molecular complexity index is 1130. The van der Waals surface area contributed by atoms with Crippen molar-refractivity contribution in [3.8, 4) is 23.6 Å². The lowest BCUT2D eigenvalue weighted by Gasteiger charge is -2.07. The van der Waals surface area contributed by atoms with Gasteiger partial charge in [-0.2, -0.15) is 10.5 Å². The summed E-state index contributed by atoms with van der Waals surface area (Å²) in [5.41, 5.74) is 0.327. The molecule has 0 aromatic heterocycles. The number of nitro groups is 1. The predicted octanol–water partition coefficient (Wildman–Crippen LogP) is 5.30. The van der Waals surface area contributed by atoms with Gasteiger partial charge < -0.3 is 4.74 Å². The Morgan fingerprint density at radius 3 is 2.07 bits per heavy atom. The molecule has 3 aromatic rings. The van der Waals surface area contributed by atoms with Crippen molar-refractivity contribution < 1.29 is 9.66 Å². The molecule has 1 saturated carbocycles. The fraction of sp³-hybridized carbons (Fsp3) is 0.130. The molecular weight excluding hydrogens is 366 g/mol. The van der Waals surface area contributed by atoms with E-state index in [1.807, 2.05) is 54.6 Å². The molecule has 0 spiro atoms. The first kappa shape index (κ1) is 18.2. The molecule has 29 heavy (non-hydrogen) atoms. The van der Waals surface area contributed by atoms with Crippen LogP contribution in [0.3, 0.4) is 0 Å². The van der Waals surface area contributed by atoms with Crippen molar-refractivity contribution in [1.29, 1.82) is 10.5 Å². The number of non-ortho nitro benzene ring substituents is 1. The average molecular weight is 381 g/mol. The molecule has 6 heteroatoms. The van der Waals surface area contributed by atoms with Crippen LogP contribution < -0.4 is 4.74 Å². The Balaban J connectivity index is 1.66. The third-order valence-electron chi connectivity index (χ3n) is 5.23. The SMILES string of the molecule is N#CC1(C#N)C(c2ccc([N+](=O)[O-])cc2)C1c1cccc(Oc2ccccc2)c1. The number of ether oxygens (including phenoxy) is 1. The van der Waals surface area contributed by atoms with E-state index in [2.05, 4.69) is 12.1 Å². The van der Waals surface area contributed by atoms with E-state index in [0.29, 0.717) is 11.5 Å². The highest BCUT2D eigenvalue weighted by Gasteiger charge is 2.67. The summed E-state index contributed by atoms with van der Waals surface area (Å²) in [6, 6.07) is 27.1. The van der Waals surface area contributed by atoms with Gasteiger partial charge in [0.05, 0.1) is 17.1 Å². The molecule has 1 fully saturated rings. The molecule has 0 radical (unpaired) electrons. The number of para-hydroxylation sites is 1. The van der Waals surface area contributed by atoms with Gasteiger partial charge in [-0.05, 0) is 35.4 Å². The Hall–Kier alpha value is -4.16. The lowest BCUT2D eigenvalue weighted by atomic mass is 10.0. The number of hydrogen-bond donors (Lipinski definition) is 0. The molecule has 140 valence electrons. The Labute approximate surface area is 167 Å². The van der Waals surface area contributed by atoms with Gasteiger partial charge in [0.25, 0.3) is 5.69 Å². The first-order valence-electron chi connectivity index (χ1n) is 8.99. The van der Waals surface area contributed by atoms with Crippen LogP contribution in [0.2, 0.25) is 0 Å². The van der Waals surface area contributed by atoms with Crippen LogP contribution in [-0.2, 0) is 0 Å². The van der Waals surface area contributed by atoms with E-state index in [4.69, 9.17) is 4.74 Å². The molecule has 0 amide bonds. The average Bonchev–Trinajstić information content (AvgIpc) is 3.44. The van der Waals surface area contributed by atoms with Crippen molar-refractivity contribution in [1.82, 2.24) is 0 Å². The first-order chi connectivity index (χ1) is 14.1. The number of nitriles is 2. The molecule has 2 unspecified atom stereocenters. The number of rotatable bonds is 5. The van der Waals surface area contributed by atoms with Gasteiger partial charge in [0.15, 0.2) is 5.41 Å². The van der Waals surface area contributed by atoms with E-state index in [9.17, 15) is 20.6 Å². The number of hydrogen-bond acceptors (Lipinski definition) is 5. The fourth-order valence-electron chi connectivity index (χ4n) is 3.80. The van der Waals surface area contributed by atoms with Gasteiger partial charge in [0, 0.05) is 24.0 Å².